The Balaban J connectivity index is 1.36. The molecule has 2 aliphatic carbocycles. The Hall–Kier alpha value is -2.16. The summed E-state index contributed by atoms with van der Waals surface area (Å²) >= 11 is 0. The maximum Gasteiger partial charge on any atom is 0.407 e. The second-order valence-corrected chi connectivity index (χ2v) is 7.99. The number of esters is 1. The first-order chi connectivity index (χ1) is 14.6. The minimum absolute atomic E-state index is 0.150. The van der Waals surface area contributed by atoms with Crippen molar-refractivity contribution in [3.63, 3.8) is 0 Å². The smallest absolute Gasteiger partial charge is 0.407 e. The van der Waals surface area contributed by atoms with Gasteiger partial charge in [-0.1, -0.05) is 30.3 Å². The van der Waals surface area contributed by atoms with Gasteiger partial charge in [0.25, 0.3) is 0 Å². The number of nitrogens with one attached hydrogen (secondary N) is 1. The Morgan fingerprint density at radius 3 is 2.57 bits per heavy atom. The van der Waals surface area contributed by atoms with E-state index in [1.54, 1.807) is 6.92 Å². The summed E-state index contributed by atoms with van der Waals surface area (Å²) < 4.78 is 28.7. The molecule has 4 atom stereocenters. The first-order valence-electron chi connectivity index (χ1n) is 10.7. The first-order valence-corrected chi connectivity index (χ1v) is 10.7. The minimum Gasteiger partial charge on any atom is -0.464 e. The molecule has 3 aliphatic rings. The topological polar surface area (TPSA) is 92.3 Å². The number of benzene rings is 1. The van der Waals surface area contributed by atoms with Crippen LogP contribution in [0.5, 0.6) is 0 Å². The average molecular weight is 419 g/mol. The molecular formula is C22H29NO7. The van der Waals surface area contributed by atoms with Crippen LogP contribution in [-0.4, -0.2) is 55.4 Å². The van der Waals surface area contributed by atoms with Crippen LogP contribution in [0.2, 0.25) is 0 Å². The van der Waals surface area contributed by atoms with E-state index in [2.05, 4.69) is 5.32 Å². The molecule has 1 heterocycles. The van der Waals surface area contributed by atoms with E-state index < -0.39 is 17.8 Å². The highest BCUT2D eigenvalue weighted by Gasteiger charge is 2.58. The number of alkyl carbamates (subject to hydrolysis) is 1. The molecule has 0 bridgehead atoms. The third kappa shape index (κ3) is 4.77. The van der Waals surface area contributed by atoms with Gasteiger partial charge in [0.15, 0.2) is 5.79 Å². The van der Waals surface area contributed by atoms with Crippen molar-refractivity contribution in [2.24, 2.45) is 0 Å². The van der Waals surface area contributed by atoms with Crippen LogP contribution in [0.25, 0.3) is 0 Å². The Labute approximate surface area is 176 Å². The maximum atomic E-state index is 12.4. The van der Waals surface area contributed by atoms with Crippen molar-refractivity contribution in [3.05, 3.63) is 35.9 Å². The van der Waals surface area contributed by atoms with Crippen molar-refractivity contribution in [2.75, 3.05) is 13.2 Å². The van der Waals surface area contributed by atoms with Crippen LogP contribution in [0.4, 0.5) is 4.79 Å². The summed E-state index contributed by atoms with van der Waals surface area (Å²) in [5.74, 6) is -1.02. The summed E-state index contributed by atoms with van der Waals surface area (Å²) in [4.78, 5) is 24.1. The van der Waals surface area contributed by atoms with Gasteiger partial charge in [-0.05, 0) is 31.7 Å². The minimum atomic E-state index is -0.602. The lowest BCUT2D eigenvalue weighted by molar-refractivity contribution is -0.189. The van der Waals surface area contributed by atoms with E-state index >= 15 is 0 Å². The molecule has 164 valence electrons. The molecule has 30 heavy (non-hydrogen) atoms. The number of fused-ring (bicyclic) bond motifs is 1. The van der Waals surface area contributed by atoms with Crippen LogP contribution in [0.1, 0.15) is 44.6 Å². The van der Waals surface area contributed by atoms with E-state index in [1.165, 1.54) is 0 Å². The van der Waals surface area contributed by atoms with Gasteiger partial charge >= 0.3 is 12.1 Å². The largest absolute Gasteiger partial charge is 0.464 e. The van der Waals surface area contributed by atoms with Crippen molar-refractivity contribution >= 4 is 12.1 Å². The fourth-order valence-electron chi connectivity index (χ4n) is 4.52. The van der Waals surface area contributed by atoms with Gasteiger partial charge in [0.05, 0.1) is 18.8 Å². The number of carbonyl (C=O) groups excluding carboxylic acids is 2. The normalized spacial score (nSPS) is 29.0. The molecule has 1 amide bonds. The lowest BCUT2D eigenvalue weighted by Gasteiger charge is -2.26. The third-order valence-corrected chi connectivity index (χ3v) is 5.88. The monoisotopic (exact) mass is 419 g/mol. The third-order valence-electron chi connectivity index (χ3n) is 5.88. The van der Waals surface area contributed by atoms with E-state index in [0.717, 1.165) is 31.2 Å². The Bertz CT molecular complexity index is 734. The molecule has 8 nitrogen and oxygen atoms in total. The molecule has 0 radical (unpaired) electrons. The predicted molar refractivity (Wildman–Crippen MR) is 105 cm³/mol. The van der Waals surface area contributed by atoms with Gasteiger partial charge in [-0.3, -0.25) is 0 Å². The SMILES string of the molecule is CCOC(=O)CO[C@H]1C[C@@H](NC(=O)OCc2ccccc2)[C@@H]2OC3(CCCC3)O[C@@H]21. The van der Waals surface area contributed by atoms with Crippen molar-refractivity contribution < 1.29 is 33.3 Å². The van der Waals surface area contributed by atoms with Crippen LogP contribution < -0.4 is 5.32 Å². The van der Waals surface area contributed by atoms with E-state index in [-0.39, 0.29) is 37.6 Å². The van der Waals surface area contributed by atoms with Crippen LogP contribution >= 0.6 is 0 Å². The lowest BCUT2D eigenvalue weighted by atomic mass is 10.2. The molecule has 0 unspecified atom stereocenters. The predicted octanol–water partition coefficient (Wildman–Crippen LogP) is 2.69. The summed E-state index contributed by atoms with van der Waals surface area (Å²) in [6.07, 6.45) is 2.69. The van der Waals surface area contributed by atoms with Crippen molar-refractivity contribution in [1.82, 2.24) is 5.32 Å². The van der Waals surface area contributed by atoms with E-state index in [4.69, 9.17) is 23.7 Å². The Morgan fingerprint density at radius 1 is 1.10 bits per heavy atom. The van der Waals surface area contributed by atoms with Crippen LogP contribution in [0, 0.1) is 0 Å². The van der Waals surface area contributed by atoms with Crippen LogP contribution in [0.15, 0.2) is 30.3 Å². The van der Waals surface area contributed by atoms with Gasteiger partial charge in [0, 0.05) is 12.8 Å². The molecule has 2 saturated carbocycles. The molecule has 0 aromatic heterocycles. The number of rotatable bonds is 7. The van der Waals surface area contributed by atoms with E-state index in [0.29, 0.717) is 13.0 Å². The van der Waals surface area contributed by atoms with Gasteiger partial charge in [0.2, 0.25) is 0 Å². The fourth-order valence-corrected chi connectivity index (χ4v) is 4.52. The molecule has 1 aromatic carbocycles. The summed E-state index contributed by atoms with van der Waals surface area (Å²) in [5, 5.41) is 2.91. The van der Waals surface area contributed by atoms with E-state index in [9.17, 15) is 9.59 Å². The van der Waals surface area contributed by atoms with Gasteiger partial charge < -0.3 is 29.0 Å². The van der Waals surface area contributed by atoms with Crippen molar-refractivity contribution in [2.45, 2.75) is 75.8 Å². The zero-order valence-electron chi connectivity index (χ0n) is 17.2. The van der Waals surface area contributed by atoms with Crippen molar-refractivity contribution in [1.29, 1.82) is 0 Å². The van der Waals surface area contributed by atoms with Crippen molar-refractivity contribution in [3.8, 4) is 0 Å². The summed E-state index contributed by atoms with van der Waals surface area (Å²) in [6, 6.07) is 9.19. The number of hydrogen-bond donors (Lipinski definition) is 1. The van der Waals surface area contributed by atoms with E-state index in [1.807, 2.05) is 30.3 Å². The fraction of sp³-hybridized carbons (Fsp3) is 0.636. The number of hydrogen-bond acceptors (Lipinski definition) is 7. The molecule has 8 heteroatoms. The number of carbonyl (C=O) groups is 2. The summed E-state index contributed by atoms with van der Waals surface area (Å²) in [6.45, 7) is 2.10. The molecular weight excluding hydrogens is 390 g/mol. The number of ether oxygens (including phenoxy) is 5. The standard InChI is InChI=1S/C22H29NO7/c1-2-26-18(24)14-27-17-12-16(19-20(17)30-22(29-19)10-6-7-11-22)23-21(25)28-13-15-8-4-3-5-9-15/h3-5,8-9,16-17,19-20H,2,6-7,10-14H2,1H3,(H,23,25)/t16-,17+,19+,20-/m1/s1. The highest BCUT2D eigenvalue weighted by molar-refractivity contribution is 5.70. The molecule has 1 spiro atoms. The molecule has 1 N–H and O–H groups in total. The second-order valence-electron chi connectivity index (χ2n) is 7.99. The molecule has 4 rings (SSSR count). The second kappa shape index (κ2) is 9.32. The highest BCUT2D eigenvalue weighted by Crippen LogP contribution is 2.47. The number of amides is 1. The van der Waals surface area contributed by atoms with Gasteiger partial charge in [-0.15, -0.1) is 0 Å². The molecule has 1 aliphatic heterocycles. The molecule has 1 saturated heterocycles. The first kappa shape index (κ1) is 21.1. The van der Waals surface area contributed by atoms with Gasteiger partial charge in [0.1, 0.15) is 25.4 Å². The summed E-state index contributed by atoms with van der Waals surface area (Å²) in [7, 11) is 0. The quantitative estimate of drug-likeness (QED) is 0.679. The zero-order chi connectivity index (χ0) is 21.0. The maximum absolute atomic E-state index is 12.4. The molecule has 1 aromatic rings. The Morgan fingerprint density at radius 2 is 1.83 bits per heavy atom. The average Bonchev–Trinajstić information content (AvgIpc) is 3.44. The highest BCUT2D eigenvalue weighted by atomic mass is 16.8. The zero-order valence-corrected chi connectivity index (χ0v) is 17.2. The van der Waals surface area contributed by atoms with Crippen LogP contribution in [-0.2, 0) is 35.1 Å². The van der Waals surface area contributed by atoms with Gasteiger partial charge in [-0.25, -0.2) is 9.59 Å². The summed E-state index contributed by atoms with van der Waals surface area (Å²) in [5.41, 5.74) is 0.915. The lowest BCUT2D eigenvalue weighted by Crippen LogP contribution is -2.43. The Kier molecular flexibility index (Phi) is 6.55. The molecule has 3 fully saturated rings. The van der Waals surface area contributed by atoms with Crippen LogP contribution in [0.3, 0.4) is 0 Å². The van der Waals surface area contributed by atoms with Gasteiger partial charge in [-0.2, -0.15) is 0 Å².